The number of esters is 1. The topological polar surface area (TPSA) is 72.8 Å². The standard InChI is InChI=1S/C14H10O5/c15-13(16)14(17)19-12-9-5-4-8-11(12)18-10-6-2-1-3-7-10/h1-9H,(H,15,16). The van der Waals surface area contributed by atoms with Crippen molar-refractivity contribution in [2.24, 2.45) is 0 Å². The van der Waals surface area contributed by atoms with Crippen LogP contribution in [-0.2, 0) is 9.59 Å². The molecule has 0 fully saturated rings. The lowest BCUT2D eigenvalue weighted by Crippen LogP contribution is -2.19. The maximum absolute atomic E-state index is 11.0. The van der Waals surface area contributed by atoms with E-state index in [1.165, 1.54) is 6.07 Å². The van der Waals surface area contributed by atoms with Gasteiger partial charge in [0.2, 0.25) is 0 Å². The van der Waals surface area contributed by atoms with Gasteiger partial charge in [0.1, 0.15) is 5.75 Å². The molecule has 0 aromatic heterocycles. The summed E-state index contributed by atoms with van der Waals surface area (Å²) in [5, 5.41) is 8.51. The van der Waals surface area contributed by atoms with E-state index in [9.17, 15) is 9.59 Å². The number of para-hydroxylation sites is 3. The molecule has 0 aliphatic rings. The summed E-state index contributed by atoms with van der Waals surface area (Å²) in [6.45, 7) is 0. The van der Waals surface area contributed by atoms with Gasteiger partial charge in [0.25, 0.3) is 0 Å². The second kappa shape index (κ2) is 5.68. The summed E-state index contributed by atoms with van der Waals surface area (Å²) >= 11 is 0. The molecule has 2 rings (SSSR count). The quantitative estimate of drug-likeness (QED) is 0.520. The third kappa shape index (κ3) is 3.32. The second-order valence-electron chi connectivity index (χ2n) is 3.56. The molecule has 0 saturated heterocycles. The van der Waals surface area contributed by atoms with Gasteiger partial charge in [-0.3, -0.25) is 0 Å². The molecule has 0 spiro atoms. The molecule has 0 bridgehead atoms. The van der Waals surface area contributed by atoms with Gasteiger partial charge in [-0.1, -0.05) is 30.3 Å². The maximum Gasteiger partial charge on any atom is 0.422 e. The normalized spacial score (nSPS) is 9.68. The number of hydrogen-bond donors (Lipinski definition) is 1. The first-order chi connectivity index (χ1) is 9.16. The Morgan fingerprint density at radius 2 is 1.42 bits per heavy atom. The molecule has 0 radical (unpaired) electrons. The van der Waals surface area contributed by atoms with Crippen LogP contribution in [0.5, 0.6) is 17.2 Å². The van der Waals surface area contributed by atoms with Gasteiger partial charge in [-0.2, -0.15) is 0 Å². The van der Waals surface area contributed by atoms with Crippen LogP contribution in [0.4, 0.5) is 0 Å². The van der Waals surface area contributed by atoms with Crippen molar-refractivity contribution in [1.82, 2.24) is 0 Å². The SMILES string of the molecule is O=C(O)C(=O)Oc1ccccc1Oc1ccccc1. The van der Waals surface area contributed by atoms with Gasteiger partial charge >= 0.3 is 11.9 Å². The number of carbonyl (C=O) groups is 2. The summed E-state index contributed by atoms with van der Waals surface area (Å²) in [6, 6.07) is 15.2. The molecule has 0 heterocycles. The first kappa shape index (κ1) is 12.6. The van der Waals surface area contributed by atoms with Gasteiger partial charge in [-0.25, -0.2) is 9.59 Å². The largest absolute Gasteiger partial charge is 0.473 e. The number of rotatable bonds is 3. The minimum Gasteiger partial charge on any atom is -0.473 e. The summed E-state index contributed by atoms with van der Waals surface area (Å²) in [5.41, 5.74) is 0. The van der Waals surface area contributed by atoms with Gasteiger partial charge < -0.3 is 14.6 Å². The number of carbonyl (C=O) groups excluding carboxylic acids is 1. The molecule has 0 saturated carbocycles. The van der Waals surface area contributed by atoms with Gasteiger partial charge in [-0.15, -0.1) is 0 Å². The third-order valence-electron chi connectivity index (χ3n) is 2.20. The van der Waals surface area contributed by atoms with Gasteiger partial charge in [-0.05, 0) is 24.3 Å². The van der Waals surface area contributed by atoms with Crippen molar-refractivity contribution in [2.75, 3.05) is 0 Å². The monoisotopic (exact) mass is 258 g/mol. The van der Waals surface area contributed by atoms with E-state index in [0.29, 0.717) is 5.75 Å². The van der Waals surface area contributed by atoms with Gasteiger partial charge in [0.05, 0.1) is 0 Å². The van der Waals surface area contributed by atoms with Crippen LogP contribution in [0.2, 0.25) is 0 Å². The zero-order valence-electron chi connectivity index (χ0n) is 9.78. The molecular weight excluding hydrogens is 248 g/mol. The average Bonchev–Trinajstić information content (AvgIpc) is 2.42. The highest BCUT2D eigenvalue weighted by Crippen LogP contribution is 2.31. The van der Waals surface area contributed by atoms with Crippen molar-refractivity contribution in [2.45, 2.75) is 0 Å². The highest BCUT2D eigenvalue weighted by atomic mass is 16.6. The molecule has 5 nitrogen and oxygen atoms in total. The lowest BCUT2D eigenvalue weighted by atomic mass is 10.3. The fourth-order valence-corrected chi connectivity index (χ4v) is 1.38. The van der Waals surface area contributed by atoms with Crippen LogP contribution in [0.25, 0.3) is 0 Å². The van der Waals surface area contributed by atoms with E-state index in [1.807, 2.05) is 6.07 Å². The van der Waals surface area contributed by atoms with E-state index in [1.54, 1.807) is 42.5 Å². The van der Waals surface area contributed by atoms with E-state index in [4.69, 9.17) is 14.6 Å². The number of aliphatic carboxylic acids is 1. The Balaban J connectivity index is 2.21. The van der Waals surface area contributed by atoms with E-state index in [2.05, 4.69) is 0 Å². The lowest BCUT2D eigenvalue weighted by molar-refractivity contribution is -0.158. The molecular formula is C14H10O5. The van der Waals surface area contributed by atoms with Crippen molar-refractivity contribution in [3.05, 3.63) is 54.6 Å². The fraction of sp³-hybridized carbons (Fsp3) is 0. The predicted molar refractivity (Wildman–Crippen MR) is 66.2 cm³/mol. The van der Waals surface area contributed by atoms with Gasteiger partial charge in [0.15, 0.2) is 11.5 Å². The Kier molecular flexibility index (Phi) is 3.78. The van der Waals surface area contributed by atoms with Gasteiger partial charge in [0, 0.05) is 0 Å². The molecule has 0 aliphatic heterocycles. The van der Waals surface area contributed by atoms with Crippen LogP contribution >= 0.6 is 0 Å². The van der Waals surface area contributed by atoms with Crippen molar-refractivity contribution in [1.29, 1.82) is 0 Å². The second-order valence-corrected chi connectivity index (χ2v) is 3.56. The van der Waals surface area contributed by atoms with Crippen LogP contribution in [0.15, 0.2) is 54.6 Å². The van der Waals surface area contributed by atoms with E-state index in [0.717, 1.165) is 0 Å². The Labute approximate surface area is 109 Å². The third-order valence-corrected chi connectivity index (χ3v) is 2.20. The molecule has 2 aromatic carbocycles. The molecule has 19 heavy (non-hydrogen) atoms. The Morgan fingerprint density at radius 1 is 0.842 bits per heavy atom. The molecule has 5 heteroatoms. The molecule has 2 aromatic rings. The minimum absolute atomic E-state index is 0.0544. The fourth-order valence-electron chi connectivity index (χ4n) is 1.38. The van der Waals surface area contributed by atoms with E-state index in [-0.39, 0.29) is 11.5 Å². The lowest BCUT2D eigenvalue weighted by Gasteiger charge is -2.09. The number of carboxylic acid groups (broad SMARTS) is 1. The summed E-state index contributed by atoms with van der Waals surface area (Å²) in [4.78, 5) is 21.5. The summed E-state index contributed by atoms with van der Waals surface area (Å²) in [7, 11) is 0. The molecule has 1 N–H and O–H groups in total. The summed E-state index contributed by atoms with van der Waals surface area (Å²) in [5.74, 6) is -2.14. The Morgan fingerprint density at radius 3 is 2.05 bits per heavy atom. The number of benzene rings is 2. The average molecular weight is 258 g/mol. The van der Waals surface area contributed by atoms with Crippen molar-refractivity contribution in [3.63, 3.8) is 0 Å². The number of hydrogen-bond acceptors (Lipinski definition) is 4. The minimum atomic E-state index is -1.66. The molecule has 0 aliphatic carbocycles. The molecule has 0 amide bonds. The molecule has 0 unspecified atom stereocenters. The maximum atomic E-state index is 11.0. The number of carboxylic acids is 1. The van der Waals surface area contributed by atoms with Crippen molar-refractivity contribution in [3.8, 4) is 17.2 Å². The summed E-state index contributed by atoms with van der Waals surface area (Å²) in [6.07, 6.45) is 0. The highest BCUT2D eigenvalue weighted by molar-refractivity contribution is 6.29. The van der Waals surface area contributed by atoms with Crippen LogP contribution < -0.4 is 9.47 Å². The predicted octanol–water partition coefficient (Wildman–Crippen LogP) is 2.47. The Bertz CT molecular complexity index is 592. The van der Waals surface area contributed by atoms with Crippen LogP contribution in [0.3, 0.4) is 0 Å². The van der Waals surface area contributed by atoms with Crippen molar-refractivity contribution < 1.29 is 24.2 Å². The first-order valence-electron chi connectivity index (χ1n) is 5.44. The summed E-state index contributed by atoms with van der Waals surface area (Å²) < 4.78 is 10.2. The smallest absolute Gasteiger partial charge is 0.422 e. The van der Waals surface area contributed by atoms with E-state index < -0.39 is 11.9 Å². The molecule has 0 atom stereocenters. The van der Waals surface area contributed by atoms with Crippen LogP contribution in [0, 0.1) is 0 Å². The van der Waals surface area contributed by atoms with Crippen LogP contribution in [-0.4, -0.2) is 17.0 Å². The highest BCUT2D eigenvalue weighted by Gasteiger charge is 2.16. The Hall–Kier alpha value is -2.82. The molecule has 96 valence electrons. The van der Waals surface area contributed by atoms with Crippen LogP contribution in [0.1, 0.15) is 0 Å². The number of ether oxygens (including phenoxy) is 2. The zero-order chi connectivity index (χ0) is 13.7. The van der Waals surface area contributed by atoms with E-state index >= 15 is 0 Å². The zero-order valence-corrected chi connectivity index (χ0v) is 9.78. The van der Waals surface area contributed by atoms with Crippen molar-refractivity contribution >= 4 is 11.9 Å². The first-order valence-corrected chi connectivity index (χ1v) is 5.44.